The van der Waals surface area contributed by atoms with Crippen LogP contribution in [0.1, 0.15) is 5.76 Å². The molecule has 0 aliphatic heterocycles. The lowest BCUT2D eigenvalue weighted by atomic mass is 10.5. The van der Waals surface area contributed by atoms with Crippen molar-refractivity contribution in [1.29, 1.82) is 0 Å². The number of hydrogen-bond acceptors (Lipinski definition) is 8. The van der Waals surface area contributed by atoms with E-state index in [1.54, 1.807) is 38.5 Å². The van der Waals surface area contributed by atoms with Crippen LogP contribution < -0.4 is 10.2 Å². The molecule has 9 nitrogen and oxygen atoms in total. The quantitative estimate of drug-likeness (QED) is 0.763. The molecule has 22 heavy (non-hydrogen) atoms. The van der Waals surface area contributed by atoms with Gasteiger partial charge < -0.3 is 19.5 Å². The molecule has 0 aliphatic rings. The number of esters is 1. The minimum absolute atomic E-state index is 0.0691. The van der Waals surface area contributed by atoms with E-state index in [2.05, 4.69) is 20.4 Å². The van der Waals surface area contributed by atoms with E-state index >= 15 is 0 Å². The lowest BCUT2D eigenvalue weighted by molar-refractivity contribution is -0.145. The summed E-state index contributed by atoms with van der Waals surface area (Å²) < 4.78 is 9.67. The van der Waals surface area contributed by atoms with Crippen LogP contribution in [0.3, 0.4) is 0 Å². The third-order valence-electron chi connectivity index (χ3n) is 2.52. The molecule has 2 rings (SSSR count). The first-order valence-corrected chi connectivity index (χ1v) is 6.41. The van der Waals surface area contributed by atoms with Crippen molar-refractivity contribution in [2.24, 2.45) is 0 Å². The van der Waals surface area contributed by atoms with Crippen LogP contribution in [0.4, 0.5) is 11.8 Å². The molecular formula is C13H15N5O4. The molecule has 0 fully saturated rings. The number of likely N-dealkylation sites (N-methyl/N-ethyl adjacent to an activating group) is 1. The van der Waals surface area contributed by atoms with Crippen molar-refractivity contribution in [3.63, 3.8) is 0 Å². The highest BCUT2D eigenvalue weighted by Gasteiger charge is 2.13. The van der Waals surface area contributed by atoms with Gasteiger partial charge in [0.2, 0.25) is 5.95 Å². The number of carbonyl (C=O) groups is 2. The van der Waals surface area contributed by atoms with Crippen LogP contribution in [0.2, 0.25) is 0 Å². The Morgan fingerprint density at radius 1 is 1.36 bits per heavy atom. The Labute approximate surface area is 126 Å². The van der Waals surface area contributed by atoms with Gasteiger partial charge in [0.25, 0.3) is 5.91 Å². The molecule has 0 bridgehead atoms. The number of anilines is 2. The number of ether oxygens (including phenoxy) is 1. The average molecular weight is 305 g/mol. The first-order valence-electron chi connectivity index (χ1n) is 6.41. The highest BCUT2D eigenvalue weighted by atomic mass is 16.5. The number of nitrogens with zero attached hydrogens (tertiary/aromatic N) is 4. The van der Waals surface area contributed by atoms with Gasteiger partial charge in [-0.3, -0.25) is 9.59 Å². The van der Waals surface area contributed by atoms with E-state index < -0.39 is 18.5 Å². The Hall–Kier alpha value is -2.97. The monoisotopic (exact) mass is 305 g/mol. The molecule has 2 heterocycles. The zero-order valence-electron chi connectivity index (χ0n) is 12.1. The van der Waals surface area contributed by atoms with Gasteiger partial charge >= 0.3 is 5.97 Å². The Balaban J connectivity index is 1.74. The number of rotatable bonds is 6. The molecule has 0 unspecified atom stereocenters. The summed E-state index contributed by atoms with van der Waals surface area (Å²) in [5, 5.41) is 6.04. The van der Waals surface area contributed by atoms with Crippen LogP contribution in [0.5, 0.6) is 0 Å². The smallest absolute Gasteiger partial charge is 0.326 e. The third-order valence-corrected chi connectivity index (χ3v) is 2.52. The molecule has 0 saturated heterocycles. The fraction of sp³-hybridized carbons (Fsp3) is 0.308. The van der Waals surface area contributed by atoms with Crippen LogP contribution in [0.15, 0.2) is 29.0 Å². The topological polar surface area (TPSA) is 110 Å². The Morgan fingerprint density at radius 3 is 2.73 bits per heavy atom. The minimum Gasteiger partial charge on any atom is -0.454 e. The first-order chi connectivity index (χ1) is 10.5. The van der Waals surface area contributed by atoms with Gasteiger partial charge in [-0.1, -0.05) is 5.16 Å². The van der Waals surface area contributed by atoms with Crippen molar-refractivity contribution in [2.75, 3.05) is 30.4 Å². The molecule has 2 aromatic heterocycles. The summed E-state index contributed by atoms with van der Waals surface area (Å²) >= 11 is 0. The summed E-state index contributed by atoms with van der Waals surface area (Å²) in [6, 6.07) is 3.23. The Morgan fingerprint density at radius 2 is 2.09 bits per heavy atom. The normalized spacial score (nSPS) is 10.1. The standard InChI is InChI=1S/C13H15N5O4/c1-9-6-10(17-22-9)16-11(19)8-21-12(20)7-18(2)13-14-4-3-5-15-13/h3-6H,7-8H2,1-2H3,(H,16,17,19). The van der Waals surface area contributed by atoms with Crippen LogP contribution in [-0.4, -0.2) is 47.2 Å². The van der Waals surface area contributed by atoms with Crippen LogP contribution >= 0.6 is 0 Å². The number of nitrogens with one attached hydrogen (secondary N) is 1. The van der Waals surface area contributed by atoms with Gasteiger partial charge in [-0.2, -0.15) is 0 Å². The van der Waals surface area contributed by atoms with Crippen molar-refractivity contribution in [2.45, 2.75) is 6.92 Å². The molecule has 116 valence electrons. The zero-order valence-corrected chi connectivity index (χ0v) is 12.1. The molecule has 1 amide bonds. The zero-order chi connectivity index (χ0) is 15.9. The van der Waals surface area contributed by atoms with Crippen molar-refractivity contribution in [1.82, 2.24) is 15.1 Å². The van der Waals surface area contributed by atoms with E-state index in [9.17, 15) is 9.59 Å². The molecule has 0 aliphatic carbocycles. The van der Waals surface area contributed by atoms with Crippen molar-refractivity contribution in [3.8, 4) is 0 Å². The average Bonchev–Trinajstić information content (AvgIpc) is 2.91. The summed E-state index contributed by atoms with van der Waals surface area (Å²) in [4.78, 5) is 32.7. The van der Waals surface area contributed by atoms with Crippen LogP contribution in [0.25, 0.3) is 0 Å². The van der Waals surface area contributed by atoms with Crippen molar-refractivity contribution in [3.05, 3.63) is 30.3 Å². The fourth-order valence-corrected chi connectivity index (χ4v) is 1.55. The van der Waals surface area contributed by atoms with Gasteiger partial charge in [-0.15, -0.1) is 0 Å². The van der Waals surface area contributed by atoms with Crippen LogP contribution in [-0.2, 0) is 14.3 Å². The van der Waals surface area contributed by atoms with Crippen molar-refractivity contribution < 1.29 is 18.8 Å². The van der Waals surface area contributed by atoms with E-state index in [-0.39, 0.29) is 12.4 Å². The number of carbonyl (C=O) groups excluding carboxylic acids is 2. The van der Waals surface area contributed by atoms with Crippen LogP contribution in [0, 0.1) is 6.92 Å². The molecule has 2 aromatic rings. The van der Waals surface area contributed by atoms with Gasteiger partial charge in [0.15, 0.2) is 12.4 Å². The number of amides is 1. The maximum Gasteiger partial charge on any atom is 0.326 e. The van der Waals surface area contributed by atoms with Gasteiger partial charge in [-0.05, 0) is 13.0 Å². The minimum atomic E-state index is -0.568. The summed E-state index contributed by atoms with van der Waals surface area (Å²) in [5.41, 5.74) is 0. The highest BCUT2D eigenvalue weighted by molar-refractivity contribution is 5.92. The third kappa shape index (κ3) is 4.54. The molecule has 0 atom stereocenters. The van der Waals surface area contributed by atoms with Gasteiger partial charge in [-0.25, -0.2) is 9.97 Å². The summed E-state index contributed by atoms with van der Waals surface area (Å²) in [6.07, 6.45) is 3.13. The van der Waals surface area contributed by atoms with Crippen molar-refractivity contribution >= 4 is 23.6 Å². The lowest BCUT2D eigenvalue weighted by Crippen LogP contribution is -2.30. The molecular weight excluding hydrogens is 290 g/mol. The predicted octanol–water partition coefficient (Wildman–Crippen LogP) is 0.391. The molecule has 0 saturated carbocycles. The second-order valence-corrected chi connectivity index (χ2v) is 4.44. The predicted molar refractivity (Wildman–Crippen MR) is 76.1 cm³/mol. The van der Waals surface area contributed by atoms with Gasteiger partial charge in [0, 0.05) is 25.5 Å². The number of aromatic nitrogens is 3. The van der Waals surface area contributed by atoms with E-state index in [0.717, 1.165) is 0 Å². The summed E-state index contributed by atoms with van der Waals surface area (Å²) in [5.74, 6) is 0.161. The van der Waals surface area contributed by atoms with E-state index in [1.807, 2.05) is 0 Å². The molecule has 0 spiro atoms. The highest BCUT2D eigenvalue weighted by Crippen LogP contribution is 2.06. The van der Waals surface area contributed by atoms with E-state index in [1.165, 1.54) is 4.90 Å². The number of aryl methyl sites for hydroxylation is 1. The summed E-state index contributed by atoms with van der Waals surface area (Å²) in [7, 11) is 1.65. The maximum atomic E-state index is 11.7. The number of hydrogen-bond donors (Lipinski definition) is 1. The summed E-state index contributed by atoms with van der Waals surface area (Å²) in [6.45, 7) is 1.22. The lowest BCUT2D eigenvalue weighted by Gasteiger charge is -2.15. The van der Waals surface area contributed by atoms with Gasteiger partial charge in [0.1, 0.15) is 12.3 Å². The molecule has 9 heteroatoms. The Bertz CT molecular complexity index is 643. The van der Waals surface area contributed by atoms with E-state index in [4.69, 9.17) is 9.26 Å². The second kappa shape index (κ2) is 7.16. The second-order valence-electron chi connectivity index (χ2n) is 4.44. The molecule has 0 aromatic carbocycles. The first kappa shape index (κ1) is 15.4. The maximum absolute atomic E-state index is 11.7. The molecule has 0 radical (unpaired) electrons. The molecule has 1 N–H and O–H groups in total. The SMILES string of the molecule is Cc1cc(NC(=O)COC(=O)CN(C)c2ncccn2)no1. The van der Waals surface area contributed by atoms with Gasteiger partial charge in [0.05, 0.1) is 0 Å². The largest absolute Gasteiger partial charge is 0.454 e. The van der Waals surface area contributed by atoms with E-state index in [0.29, 0.717) is 11.7 Å². The Kier molecular flexibility index (Phi) is 5.02. The fourth-order valence-electron chi connectivity index (χ4n) is 1.55.